The molecular weight excluding hydrogens is 382 g/mol. The van der Waals surface area contributed by atoms with Gasteiger partial charge >= 0.3 is 0 Å². The van der Waals surface area contributed by atoms with Crippen LogP contribution in [0.25, 0.3) is 0 Å². The van der Waals surface area contributed by atoms with Crippen molar-refractivity contribution in [3.63, 3.8) is 0 Å². The Labute approximate surface area is 155 Å². The molecule has 1 N–H and O–H groups in total. The zero-order valence-corrected chi connectivity index (χ0v) is 15.6. The van der Waals surface area contributed by atoms with Crippen LogP contribution in [0.5, 0.6) is 5.75 Å². The van der Waals surface area contributed by atoms with Crippen LogP contribution in [0.15, 0.2) is 53.0 Å². The lowest BCUT2D eigenvalue weighted by Gasteiger charge is -2.13. The first-order valence-electron chi connectivity index (χ1n) is 8.21. The van der Waals surface area contributed by atoms with Crippen LogP contribution in [-0.2, 0) is 19.7 Å². The van der Waals surface area contributed by atoms with Crippen molar-refractivity contribution in [1.29, 1.82) is 0 Å². The third-order valence-electron chi connectivity index (χ3n) is 3.66. The maximum Gasteiger partial charge on any atom is 0.243 e. The molecule has 0 amide bonds. The molecule has 130 valence electrons. The van der Waals surface area contributed by atoms with E-state index in [1.807, 2.05) is 36.4 Å². The van der Waals surface area contributed by atoms with Crippen molar-refractivity contribution in [3.8, 4) is 5.75 Å². The van der Waals surface area contributed by atoms with Gasteiger partial charge < -0.3 is 10.1 Å². The van der Waals surface area contributed by atoms with Gasteiger partial charge in [0.25, 0.3) is 0 Å². The van der Waals surface area contributed by atoms with Crippen LogP contribution in [-0.4, -0.2) is 20.2 Å². The smallest absolute Gasteiger partial charge is 0.243 e. The molecule has 3 rings (SSSR count). The number of hydrogen-bond acceptors (Lipinski definition) is 5. The van der Waals surface area contributed by atoms with Gasteiger partial charge in [-0.2, -0.15) is 0 Å². The summed E-state index contributed by atoms with van der Waals surface area (Å²) in [6, 6.07) is 16.1. The monoisotopic (exact) mass is 401 g/mol. The highest BCUT2D eigenvalue weighted by Gasteiger charge is 2.09. The number of hydrogen-bond donors (Lipinski definition) is 1. The predicted octanol–water partition coefficient (Wildman–Crippen LogP) is 4.04. The maximum absolute atomic E-state index is 6.01. The molecule has 6 nitrogen and oxygen atoms in total. The summed E-state index contributed by atoms with van der Waals surface area (Å²) in [5.41, 5.74) is 2.17. The van der Waals surface area contributed by atoms with Gasteiger partial charge in [-0.1, -0.05) is 58.3 Å². The van der Waals surface area contributed by atoms with E-state index in [0.717, 1.165) is 34.3 Å². The van der Waals surface area contributed by atoms with Crippen LogP contribution < -0.4 is 10.1 Å². The molecule has 0 aliphatic carbocycles. The van der Waals surface area contributed by atoms with Gasteiger partial charge in [-0.3, -0.25) is 0 Å². The minimum absolute atomic E-state index is 0.531. The summed E-state index contributed by atoms with van der Waals surface area (Å²) in [7, 11) is 0. The third-order valence-corrected chi connectivity index (χ3v) is 4.16. The summed E-state index contributed by atoms with van der Waals surface area (Å²) >= 11 is 3.52. The summed E-state index contributed by atoms with van der Waals surface area (Å²) in [5, 5.41) is 15.0. The SMILES string of the molecule is CCCn1nnnc1NCc1cc(Br)ccc1OCc1ccccc1. The quantitative estimate of drug-likeness (QED) is 0.616. The van der Waals surface area contributed by atoms with E-state index in [0.29, 0.717) is 19.1 Å². The van der Waals surface area contributed by atoms with Gasteiger partial charge in [0, 0.05) is 23.1 Å². The molecule has 3 aromatic rings. The average molecular weight is 402 g/mol. The van der Waals surface area contributed by atoms with Crippen LogP contribution in [0, 0.1) is 0 Å². The van der Waals surface area contributed by atoms with Gasteiger partial charge in [0.05, 0.1) is 0 Å². The highest BCUT2D eigenvalue weighted by atomic mass is 79.9. The van der Waals surface area contributed by atoms with E-state index in [1.165, 1.54) is 0 Å². The first kappa shape index (κ1) is 17.4. The second kappa shape index (κ2) is 8.62. The lowest BCUT2D eigenvalue weighted by molar-refractivity contribution is 0.303. The van der Waals surface area contributed by atoms with Crippen molar-refractivity contribution < 1.29 is 4.74 Å². The Balaban J connectivity index is 1.69. The average Bonchev–Trinajstić information content (AvgIpc) is 3.07. The van der Waals surface area contributed by atoms with E-state index in [4.69, 9.17) is 4.74 Å². The lowest BCUT2D eigenvalue weighted by atomic mass is 10.2. The maximum atomic E-state index is 6.01. The molecule has 0 radical (unpaired) electrons. The largest absolute Gasteiger partial charge is 0.489 e. The lowest BCUT2D eigenvalue weighted by Crippen LogP contribution is -2.10. The molecule has 0 fully saturated rings. The van der Waals surface area contributed by atoms with E-state index < -0.39 is 0 Å². The molecule has 0 bridgehead atoms. The van der Waals surface area contributed by atoms with Gasteiger partial charge in [-0.25, -0.2) is 4.68 Å². The molecule has 0 aliphatic rings. The van der Waals surface area contributed by atoms with Crippen LogP contribution >= 0.6 is 15.9 Å². The molecule has 0 saturated carbocycles. The molecular formula is C18H20BrN5O. The van der Waals surface area contributed by atoms with Crippen molar-refractivity contribution in [2.45, 2.75) is 33.0 Å². The molecule has 0 atom stereocenters. The van der Waals surface area contributed by atoms with E-state index in [-0.39, 0.29) is 0 Å². The zero-order chi connectivity index (χ0) is 17.5. The number of rotatable bonds is 8. The Bertz CT molecular complexity index is 806. The predicted molar refractivity (Wildman–Crippen MR) is 100 cm³/mol. The van der Waals surface area contributed by atoms with Crippen molar-refractivity contribution in [2.75, 3.05) is 5.32 Å². The van der Waals surface area contributed by atoms with Gasteiger partial charge in [-0.15, -0.1) is 0 Å². The number of nitrogens with one attached hydrogen (secondary N) is 1. The number of ether oxygens (including phenoxy) is 1. The molecule has 1 aromatic heterocycles. The molecule has 25 heavy (non-hydrogen) atoms. The highest BCUT2D eigenvalue weighted by molar-refractivity contribution is 9.10. The normalized spacial score (nSPS) is 10.6. The topological polar surface area (TPSA) is 64.9 Å². The molecule has 0 aliphatic heterocycles. The number of aromatic nitrogens is 4. The highest BCUT2D eigenvalue weighted by Crippen LogP contribution is 2.25. The van der Waals surface area contributed by atoms with Gasteiger partial charge in [0.2, 0.25) is 5.95 Å². The summed E-state index contributed by atoms with van der Waals surface area (Å²) in [4.78, 5) is 0. The van der Waals surface area contributed by atoms with Crippen LogP contribution in [0.1, 0.15) is 24.5 Å². The minimum atomic E-state index is 0.531. The number of anilines is 1. The van der Waals surface area contributed by atoms with Crippen LogP contribution in [0.4, 0.5) is 5.95 Å². The standard InChI is InChI=1S/C18H20BrN5O/c1-2-10-24-18(21-22-23-24)20-12-15-11-16(19)8-9-17(15)25-13-14-6-4-3-5-7-14/h3-9,11H,2,10,12-13H2,1H3,(H,20,21,23). The second-order valence-corrected chi connectivity index (χ2v) is 6.52. The van der Waals surface area contributed by atoms with E-state index in [9.17, 15) is 0 Å². The van der Waals surface area contributed by atoms with Gasteiger partial charge in [0.1, 0.15) is 12.4 Å². The molecule has 1 heterocycles. The van der Waals surface area contributed by atoms with Crippen LogP contribution in [0.3, 0.4) is 0 Å². The summed E-state index contributed by atoms with van der Waals surface area (Å²) in [6.45, 7) is 3.98. The molecule has 2 aromatic carbocycles. The number of benzene rings is 2. The molecule has 0 spiro atoms. The molecule has 7 heteroatoms. The Hall–Kier alpha value is -2.41. The minimum Gasteiger partial charge on any atom is -0.489 e. The Morgan fingerprint density at radius 2 is 2.00 bits per heavy atom. The molecule has 0 saturated heterocycles. The number of nitrogens with zero attached hydrogens (tertiary/aromatic N) is 4. The van der Waals surface area contributed by atoms with Crippen LogP contribution in [0.2, 0.25) is 0 Å². The number of tetrazole rings is 1. The molecule has 0 unspecified atom stereocenters. The Kier molecular flexibility index (Phi) is 6.00. The third kappa shape index (κ3) is 4.79. The van der Waals surface area contributed by atoms with Gasteiger partial charge in [0.15, 0.2) is 0 Å². The first-order chi connectivity index (χ1) is 12.3. The number of halogens is 1. The summed E-state index contributed by atoms with van der Waals surface area (Å²) in [5.74, 6) is 1.50. The Morgan fingerprint density at radius 1 is 1.16 bits per heavy atom. The van der Waals surface area contributed by atoms with E-state index >= 15 is 0 Å². The van der Waals surface area contributed by atoms with E-state index in [2.05, 4.69) is 55.8 Å². The summed E-state index contributed by atoms with van der Waals surface area (Å²) in [6.07, 6.45) is 0.974. The van der Waals surface area contributed by atoms with Gasteiger partial charge in [-0.05, 0) is 40.6 Å². The van der Waals surface area contributed by atoms with E-state index in [1.54, 1.807) is 4.68 Å². The first-order valence-corrected chi connectivity index (χ1v) is 9.00. The Morgan fingerprint density at radius 3 is 2.80 bits per heavy atom. The van der Waals surface area contributed by atoms with Crippen molar-refractivity contribution in [1.82, 2.24) is 20.2 Å². The fourth-order valence-corrected chi connectivity index (χ4v) is 2.84. The zero-order valence-electron chi connectivity index (χ0n) is 14.0. The van der Waals surface area contributed by atoms with Crippen molar-refractivity contribution in [2.24, 2.45) is 0 Å². The second-order valence-electron chi connectivity index (χ2n) is 5.61. The van der Waals surface area contributed by atoms with Crippen molar-refractivity contribution in [3.05, 3.63) is 64.1 Å². The number of aryl methyl sites for hydroxylation is 1. The summed E-state index contributed by atoms with van der Waals surface area (Å²) < 4.78 is 8.78. The fourth-order valence-electron chi connectivity index (χ4n) is 2.43. The fraction of sp³-hybridized carbons (Fsp3) is 0.278. The van der Waals surface area contributed by atoms with Crippen molar-refractivity contribution >= 4 is 21.9 Å².